The molecule has 0 spiro atoms. The van der Waals surface area contributed by atoms with Crippen LogP contribution in [0.5, 0.6) is 5.75 Å². The van der Waals surface area contributed by atoms with E-state index in [0.29, 0.717) is 0 Å². The number of hydrogen-bond donors (Lipinski definition) is 2. The van der Waals surface area contributed by atoms with E-state index in [0.717, 1.165) is 24.3 Å². The molecule has 0 bridgehead atoms. The van der Waals surface area contributed by atoms with Crippen molar-refractivity contribution in [1.29, 1.82) is 0 Å². The highest BCUT2D eigenvalue weighted by Gasteiger charge is 2.30. The van der Waals surface area contributed by atoms with Crippen LogP contribution in [0, 0.1) is 10.1 Å². The van der Waals surface area contributed by atoms with Gasteiger partial charge in [0.15, 0.2) is 0 Å². The van der Waals surface area contributed by atoms with Gasteiger partial charge in [0.25, 0.3) is 11.6 Å². The first kappa shape index (κ1) is 20.2. The van der Waals surface area contributed by atoms with Gasteiger partial charge >= 0.3 is 6.18 Å². The lowest BCUT2D eigenvalue weighted by Gasteiger charge is -2.14. The van der Waals surface area contributed by atoms with E-state index in [1.165, 1.54) is 24.3 Å². The number of alkyl halides is 3. The van der Waals surface area contributed by atoms with E-state index < -0.39 is 28.7 Å². The Morgan fingerprint density at radius 1 is 1.19 bits per heavy atom. The first-order valence-corrected chi connectivity index (χ1v) is 7.68. The van der Waals surface area contributed by atoms with Crippen molar-refractivity contribution in [3.8, 4) is 5.75 Å². The Morgan fingerprint density at radius 3 is 2.41 bits per heavy atom. The van der Waals surface area contributed by atoms with Gasteiger partial charge in [0.1, 0.15) is 24.0 Å². The smallest absolute Gasteiger partial charge is 0.416 e. The maximum absolute atomic E-state index is 12.5. The summed E-state index contributed by atoms with van der Waals surface area (Å²) in [5.74, 6) is -0.622. The summed E-state index contributed by atoms with van der Waals surface area (Å²) in [6, 6.07) is 9.25. The summed E-state index contributed by atoms with van der Waals surface area (Å²) in [7, 11) is 0. The zero-order valence-electron chi connectivity index (χ0n) is 13.8. The summed E-state index contributed by atoms with van der Waals surface area (Å²) in [5.41, 5.74) is -1.35. The number of carbonyl (C=O) groups is 1. The Labute approximate surface area is 151 Å². The first-order chi connectivity index (χ1) is 12.7. The maximum Gasteiger partial charge on any atom is 0.416 e. The van der Waals surface area contributed by atoms with Crippen molar-refractivity contribution in [3.63, 3.8) is 0 Å². The number of ether oxygens (including phenoxy) is 1. The van der Waals surface area contributed by atoms with Gasteiger partial charge in [0, 0.05) is 12.6 Å². The number of hydrogen-bond acceptors (Lipinski definition) is 5. The number of nitro benzene ring substituents is 1. The summed E-state index contributed by atoms with van der Waals surface area (Å²) in [6.07, 6.45) is -5.62. The highest BCUT2D eigenvalue weighted by Crippen LogP contribution is 2.30. The van der Waals surface area contributed by atoms with Crippen molar-refractivity contribution in [1.82, 2.24) is 5.32 Å². The second-order valence-corrected chi connectivity index (χ2v) is 5.47. The first-order valence-electron chi connectivity index (χ1n) is 7.68. The molecule has 2 aromatic rings. The molecule has 0 aromatic heterocycles. The SMILES string of the molecule is O=C(NCC(O)COc1ccc(C(F)(F)F)cc1)c1ccccc1[N+](=O)[O-]. The van der Waals surface area contributed by atoms with Gasteiger partial charge in [-0.15, -0.1) is 0 Å². The Bertz CT molecular complexity index is 809. The number of nitro groups is 1. The molecule has 2 rings (SSSR count). The molecule has 0 saturated carbocycles. The largest absolute Gasteiger partial charge is 0.491 e. The highest BCUT2D eigenvalue weighted by atomic mass is 19.4. The Hall–Kier alpha value is -3.14. The number of nitrogens with zero attached hydrogens (tertiary/aromatic N) is 1. The lowest BCUT2D eigenvalue weighted by Crippen LogP contribution is -2.35. The number of carbonyl (C=O) groups excluding carboxylic acids is 1. The average molecular weight is 384 g/mol. The van der Waals surface area contributed by atoms with Crippen molar-refractivity contribution < 1.29 is 32.7 Å². The zero-order valence-corrected chi connectivity index (χ0v) is 13.8. The van der Waals surface area contributed by atoms with Gasteiger partial charge in [-0.05, 0) is 30.3 Å². The fourth-order valence-electron chi connectivity index (χ4n) is 2.12. The molecule has 0 aliphatic carbocycles. The van der Waals surface area contributed by atoms with Crippen molar-refractivity contribution in [2.24, 2.45) is 0 Å². The molecule has 0 heterocycles. The summed E-state index contributed by atoms with van der Waals surface area (Å²) in [6.45, 7) is -0.548. The van der Waals surface area contributed by atoms with Crippen LogP contribution in [0.2, 0.25) is 0 Å². The van der Waals surface area contributed by atoms with Crippen LogP contribution in [0.3, 0.4) is 0 Å². The summed E-state index contributed by atoms with van der Waals surface area (Å²) >= 11 is 0. The number of amides is 1. The van der Waals surface area contributed by atoms with E-state index in [4.69, 9.17) is 4.74 Å². The monoisotopic (exact) mass is 384 g/mol. The van der Waals surface area contributed by atoms with Crippen molar-refractivity contribution >= 4 is 11.6 Å². The highest BCUT2D eigenvalue weighted by molar-refractivity contribution is 5.98. The van der Waals surface area contributed by atoms with Gasteiger partial charge in [-0.3, -0.25) is 14.9 Å². The molecule has 10 heteroatoms. The summed E-state index contributed by atoms with van der Waals surface area (Å²) < 4.78 is 42.6. The lowest BCUT2D eigenvalue weighted by molar-refractivity contribution is -0.385. The van der Waals surface area contributed by atoms with Crippen molar-refractivity contribution in [2.45, 2.75) is 12.3 Å². The van der Waals surface area contributed by atoms with Crippen LogP contribution in [0.25, 0.3) is 0 Å². The third-order valence-electron chi connectivity index (χ3n) is 3.47. The van der Waals surface area contributed by atoms with E-state index in [2.05, 4.69) is 5.32 Å². The van der Waals surface area contributed by atoms with Gasteiger partial charge in [-0.2, -0.15) is 13.2 Å². The normalized spacial score (nSPS) is 12.3. The molecule has 2 N–H and O–H groups in total. The standard InChI is InChI=1S/C17H15F3N2O5/c18-17(19,20)11-5-7-13(8-6-11)27-10-12(23)9-21-16(24)14-3-1-2-4-15(14)22(25)26/h1-8,12,23H,9-10H2,(H,21,24). The molecule has 27 heavy (non-hydrogen) atoms. The van der Waals surface area contributed by atoms with E-state index >= 15 is 0 Å². The number of para-hydroxylation sites is 1. The average Bonchev–Trinajstić information content (AvgIpc) is 2.64. The molecule has 144 valence electrons. The minimum absolute atomic E-state index is 0.118. The molecular weight excluding hydrogens is 369 g/mol. The van der Waals surface area contributed by atoms with Crippen LogP contribution in [0.4, 0.5) is 18.9 Å². The minimum atomic E-state index is -4.46. The molecule has 0 radical (unpaired) electrons. The van der Waals surface area contributed by atoms with Crippen LogP contribution in [-0.4, -0.2) is 35.2 Å². The molecule has 2 aromatic carbocycles. The maximum atomic E-state index is 12.5. The number of rotatable bonds is 7. The van der Waals surface area contributed by atoms with E-state index in [1.807, 2.05) is 0 Å². The molecular formula is C17H15F3N2O5. The third-order valence-corrected chi connectivity index (χ3v) is 3.47. The van der Waals surface area contributed by atoms with Crippen LogP contribution < -0.4 is 10.1 Å². The van der Waals surface area contributed by atoms with Crippen LogP contribution in [0.15, 0.2) is 48.5 Å². The third kappa shape index (κ3) is 5.68. The van der Waals surface area contributed by atoms with Crippen LogP contribution >= 0.6 is 0 Å². The van der Waals surface area contributed by atoms with E-state index in [1.54, 1.807) is 0 Å². The van der Waals surface area contributed by atoms with Gasteiger partial charge in [0.2, 0.25) is 0 Å². The predicted molar refractivity (Wildman–Crippen MR) is 88.4 cm³/mol. The fraction of sp³-hybridized carbons (Fsp3) is 0.235. The molecule has 1 amide bonds. The second-order valence-electron chi connectivity index (χ2n) is 5.47. The van der Waals surface area contributed by atoms with Gasteiger partial charge < -0.3 is 15.2 Å². The molecule has 1 unspecified atom stereocenters. The summed E-state index contributed by atoms with van der Waals surface area (Å²) in [5, 5.41) is 23.0. The quantitative estimate of drug-likeness (QED) is 0.565. The van der Waals surface area contributed by atoms with E-state index in [-0.39, 0.29) is 30.2 Å². The second kappa shape index (κ2) is 8.49. The summed E-state index contributed by atoms with van der Waals surface area (Å²) in [4.78, 5) is 22.2. The topological polar surface area (TPSA) is 102 Å². The van der Waals surface area contributed by atoms with E-state index in [9.17, 15) is 33.2 Å². The molecule has 0 aliphatic heterocycles. The molecule has 0 fully saturated rings. The molecule has 0 aliphatic rings. The Kier molecular flexibility index (Phi) is 6.35. The number of nitrogens with one attached hydrogen (secondary N) is 1. The number of halogens is 3. The number of benzene rings is 2. The van der Waals surface area contributed by atoms with Crippen LogP contribution in [0.1, 0.15) is 15.9 Å². The fourth-order valence-corrected chi connectivity index (χ4v) is 2.12. The van der Waals surface area contributed by atoms with Crippen molar-refractivity contribution in [3.05, 3.63) is 69.8 Å². The number of aliphatic hydroxyl groups excluding tert-OH is 1. The molecule has 7 nitrogen and oxygen atoms in total. The van der Waals surface area contributed by atoms with Crippen LogP contribution in [-0.2, 0) is 6.18 Å². The minimum Gasteiger partial charge on any atom is -0.491 e. The zero-order chi connectivity index (χ0) is 20.0. The van der Waals surface area contributed by atoms with Gasteiger partial charge in [-0.1, -0.05) is 12.1 Å². The Morgan fingerprint density at radius 2 is 1.81 bits per heavy atom. The van der Waals surface area contributed by atoms with Gasteiger partial charge in [0.05, 0.1) is 10.5 Å². The molecule has 1 atom stereocenters. The Balaban J connectivity index is 1.85. The van der Waals surface area contributed by atoms with Crippen molar-refractivity contribution in [2.75, 3.05) is 13.2 Å². The molecule has 0 saturated heterocycles. The number of aliphatic hydroxyl groups is 1. The van der Waals surface area contributed by atoms with Gasteiger partial charge in [-0.25, -0.2) is 0 Å². The lowest BCUT2D eigenvalue weighted by atomic mass is 10.1. The predicted octanol–water partition coefficient (Wildman–Crippen LogP) is 2.78.